The van der Waals surface area contributed by atoms with Gasteiger partial charge in [-0.05, 0) is 66.7 Å². The van der Waals surface area contributed by atoms with Gasteiger partial charge in [0.15, 0.2) is 5.78 Å². The number of hydrogen-bond acceptors (Lipinski definition) is 3. The molecule has 3 nitrogen and oxygen atoms in total. The molecule has 0 saturated heterocycles. The van der Waals surface area contributed by atoms with Gasteiger partial charge in [0.1, 0.15) is 6.10 Å². The summed E-state index contributed by atoms with van der Waals surface area (Å²) in [6.07, 6.45) is 12.2. The van der Waals surface area contributed by atoms with Crippen LogP contribution >= 0.6 is 0 Å². The third kappa shape index (κ3) is 2.24. The smallest absolute Gasteiger partial charge is 0.302 e. The number of hydrogen-bond donors (Lipinski definition) is 0. The molecule has 0 bridgehead atoms. The van der Waals surface area contributed by atoms with Gasteiger partial charge < -0.3 is 4.74 Å². The second-order valence-electron chi connectivity index (χ2n) is 7.70. The molecule has 122 valence electrons. The molecule has 1 fully saturated rings. The van der Waals surface area contributed by atoms with Crippen LogP contribution in [-0.4, -0.2) is 17.9 Å². The SMILES string of the molecule is CC(=O)OC1CC[C@H]2[C@@H]3CCC4=CC(=O)CCC4=C3C=C[C@]12C. The number of fused-ring (bicyclic) bond motifs is 4. The second-order valence-corrected chi connectivity index (χ2v) is 7.70. The van der Waals surface area contributed by atoms with E-state index < -0.39 is 0 Å². The first-order valence-electron chi connectivity index (χ1n) is 8.82. The van der Waals surface area contributed by atoms with Crippen molar-refractivity contribution in [2.24, 2.45) is 17.3 Å². The molecule has 1 saturated carbocycles. The number of rotatable bonds is 1. The predicted octanol–water partition coefficient (Wildman–Crippen LogP) is 3.90. The van der Waals surface area contributed by atoms with Crippen LogP contribution in [0.3, 0.4) is 0 Å². The van der Waals surface area contributed by atoms with Crippen molar-refractivity contribution >= 4 is 11.8 Å². The van der Waals surface area contributed by atoms with Crippen LogP contribution in [0.2, 0.25) is 0 Å². The maximum absolute atomic E-state index is 11.7. The first-order valence-corrected chi connectivity index (χ1v) is 8.82. The maximum Gasteiger partial charge on any atom is 0.302 e. The topological polar surface area (TPSA) is 43.4 Å². The number of ether oxygens (including phenoxy) is 1. The Morgan fingerprint density at radius 2 is 2.04 bits per heavy atom. The van der Waals surface area contributed by atoms with Crippen LogP contribution < -0.4 is 0 Å². The molecule has 0 aromatic heterocycles. The minimum atomic E-state index is -0.172. The summed E-state index contributed by atoms with van der Waals surface area (Å²) in [5, 5.41) is 0. The lowest BCUT2D eigenvalue weighted by molar-refractivity contribution is -0.150. The van der Waals surface area contributed by atoms with E-state index in [1.807, 2.05) is 6.08 Å². The van der Waals surface area contributed by atoms with Gasteiger partial charge in [-0.15, -0.1) is 0 Å². The van der Waals surface area contributed by atoms with Gasteiger partial charge in [0.05, 0.1) is 0 Å². The Morgan fingerprint density at radius 1 is 1.22 bits per heavy atom. The van der Waals surface area contributed by atoms with E-state index in [4.69, 9.17) is 4.74 Å². The minimum absolute atomic E-state index is 0.0117. The van der Waals surface area contributed by atoms with Gasteiger partial charge in [0.2, 0.25) is 0 Å². The Bertz CT molecular complexity index is 666. The zero-order valence-corrected chi connectivity index (χ0v) is 13.9. The monoisotopic (exact) mass is 312 g/mol. The highest BCUT2D eigenvalue weighted by molar-refractivity contribution is 5.93. The van der Waals surface area contributed by atoms with Gasteiger partial charge >= 0.3 is 5.97 Å². The summed E-state index contributed by atoms with van der Waals surface area (Å²) in [5.74, 6) is 1.22. The summed E-state index contributed by atoms with van der Waals surface area (Å²) in [4.78, 5) is 23.1. The second kappa shape index (κ2) is 5.19. The van der Waals surface area contributed by atoms with Crippen molar-refractivity contribution in [2.45, 2.75) is 58.5 Å². The van der Waals surface area contributed by atoms with E-state index >= 15 is 0 Å². The van der Waals surface area contributed by atoms with Gasteiger partial charge in [-0.25, -0.2) is 0 Å². The lowest BCUT2D eigenvalue weighted by atomic mass is 9.60. The zero-order chi connectivity index (χ0) is 16.2. The highest BCUT2D eigenvalue weighted by Crippen LogP contribution is 2.57. The molecule has 0 amide bonds. The fourth-order valence-electron chi connectivity index (χ4n) is 5.36. The van der Waals surface area contributed by atoms with E-state index in [0.29, 0.717) is 18.3 Å². The third-order valence-electron chi connectivity index (χ3n) is 6.47. The Kier molecular flexibility index (Phi) is 3.36. The molecule has 3 heteroatoms. The van der Waals surface area contributed by atoms with Crippen LogP contribution in [0, 0.1) is 17.3 Å². The van der Waals surface area contributed by atoms with E-state index in [1.54, 1.807) is 0 Å². The highest BCUT2D eigenvalue weighted by atomic mass is 16.5. The first kappa shape index (κ1) is 14.9. The van der Waals surface area contributed by atoms with Crippen molar-refractivity contribution in [3.8, 4) is 0 Å². The molecule has 0 aromatic carbocycles. The molecule has 4 aliphatic carbocycles. The number of carbonyl (C=O) groups excluding carboxylic acids is 2. The number of carbonyl (C=O) groups is 2. The van der Waals surface area contributed by atoms with Crippen LogP contribution in [0.4, 0.5) is 0 Å². The molecule has 4 rings (SSSR count). The molecule has 0 radical (unpaired) electrons. The molecule has 1 unspecified atom stereocenters. The largest absolute Gasteiger partial charge is 0.462 e. The Hall–Kier alpha value is -1.64. The van der Waals surface area contributed by atoms with E-state index in [-0.39, 0.29) is 23.3 Å². The predicted molar refractivity (Wildman–Crippen MR) is 87.6 cm³/mol. The van der Waals surface area contributed by atoms with Crippen LogP contribution in [0.25, 0.3) is 0 Å². The van der Waals surface area contributed by atoms with E-state index in [0.717, 1.165) is 32.1 Å². The first-order chi connectivity index (χ1) is 11.0. The van der Waals surface area contributed by atoms with Gasteiger partial charge in [0.25, 0.3) is 0 Å². The summed E-state index contributed by atoms with van der Waals surface area (Å²) < 4.78 is 5.62. The fraction of sp³-hybridized carbons (Fsp3) is 0.600. The Morgan fingerprint density at radius 3 is 2.83 bits per heavy atom. The van der Waals surface area contributed by atoms with Gasteiger partial charge in [0, 0.05) is 18.8 Å². The molecule has 0 heterocycles. The molecule has 23 heavy (non-hydrogen) atoms. The zero-order valence-electron chi connectivity index (χ0n) is 13.9. The van der Waals surface area contributed by atoms with Gasteiger partial charge in [-0.1, -0.05) is 19.1 Å². The standard InChI is InChI=1S/C20H24O3/c1-12(21)23-19-8-7-18-17-5-3-13-11-14(22)4-6-15(13)16(17)9-10-20(18,19)2/h9-11,17-19H,3-8H2,1-2H3/t17-,18+,19?,20+/m1/s1. The summed E-state index contributed by atoms with van der Waals surface area (Å²) in [6, 6.07) is 0. The van der Waals surface area contributed by atoms with Crippen molar-refractivity contribution in [1.29, 1.82) is 0 Å². The Balaban J connectivity index is 1.73. The average Bonchev–Trinajstić information content (AvgIpc) is 2.83. The molecule has 4 aliphatic rings. The number of esters is 1. The van der Waals surface area contributed by atoms with Crippen LogP contribution in [-0.2, 0) is 14.3 Å². The fourth-order valence-corrected chi connectivity index (χ4v) is 5.36. The van der Waals surface area contributed by atoms with Crippen molar-refractivity contribution in [3.05, 3.63) is 34.9 Å². The molecule has 0 aliphatic heterocycles. The van der Waals surface area contributed by atoms with E-state index in [9.17, 15) is 9.59 Å². The van der Waals surface area contributed by atoms with Crippen molar-refractivity contribution in [1.82, 2.24) is 0 Å². The van der Waals surface area contributed by atoms with Crippen molar-refractivity contribution < 1.29 is 14.3 Å². The van der Waals surface area contributed by atoms with Crippen molar-refractivity contribution in [2.75, 3.05) is 0 Å². The molecule has 0 N–H and O–H groups in total. The number of allylic oxidation sites excluding steroid dienone is 5. The molecule has 0 spiro atoms. The summed E-state index contributed by atoms with van der Waals surface area (Å²) >= 11 is 0. The Labute approximate surface area is 137 Å². The van der Waals surface area contributed by atoms with Crippen molar-refractivity contribution in [3.63, 3.8) is 0 Å². The average molecular weight is 312 g/mol. The molecule has 4 atom stereocenters. The summed E-state index contributed by atoms with van der Waals surface area (Å²) in [5.41, 5.74) is 4.12. The summed E-state index contributed by atoms with van der Waals surface area (Å²) in [7, 11) is 0. The van der Waals surface area contributed by atoms with Crippen LogP contribution in [0.5, 0.6) is 0 Å². The maximum atomic E-state index is 11.7. The normalized spacial score (nSPS) is 38.6. The van der Waals surface area contributed by atoms with E-state index in [1.165, 1.54) is 23.6 Å². The quantitative estimate of drug-likeness (QED) is 0.690. The molecular formula is C20H24O3. The van der Waals surface area contributed by atoms with E-state index in [2.05, 4.69) is 19.1 Å². The van der Waals surface area contributed by atoms with Crippen LogP contribution in [0.1, 0.15) is 52.4 Å². The lowest BCUT2D eigenvalue weighted by Gasteiger charge is -2.45. The third-order valence-corrected chi connectivity index (χ3v) is 6.47. The minimum Gasteiger partial charge on any atom is -0.462 e. The molecular weight excluding hydrogens is 288 g/mol. The van der Waals surface area contributed by atoms with Gasteiger partial charge in [-0.3, -0.25) is 9.59 Å². The highest BCUT2D eigenvalue weighted by Gasteiger charge is 2.53. The molecule has 0 aromatic rings. The lowest BCUT2D eigenvalue weighted by Crippen LogP contribution is -2.40. The summed E-state index contributed by atoms with van der Waals surface area (Å²) in [6.45, 7) is 3.76. The van der Waals surface area contributed by atoms with Crippen LogP contribution in [0.15, 0.2) is 34.9 Å². The van der Waals surface area contributed by atoms with Gasteiger partial charge in [-0.2, -0.15) is 0 Å². The number of ketones is 1.